The second kappa shape index (κ2) is 18.5. The lowest BCUT2D eigenvalue weighted by Crippen LogP contribution is -2.29. The zero-order valence-corrected chi connectivity index (χ0v) is 42.5. The molecular weight excluding hydrogens is 947 g/mol. The molecule has 0 radical (unpaired) electrons. The van der Waals surface area contributed by atoms with Crippen LogP contribution in [0.3, 0.4) is 0 Å². The Kier molecular flexibility index (Phi) is 10.7. The van der Waals surface area contributed by atoms with Crippen LogP contribution in [-0.2, 0) is 5.41 Å². The van der Waals surface area contributed by atoms with E-state index in [1.165, 1.54) is 27.8 Å². The van der Waals surface area contributed by atoms with Crippen molar-refractivity contribution < 1.29 is 0 Å². The predicted octanol–water partition coefficient (Wildman–Crippen LogP) is 18.8. The van der Waals surface area contributed by atoms with Gasteiger partial charge >= 0.3 is 0 Å². The maximum Gasteiger partial charge on any atom is 0.0788 e. The van der Waals surface area contributed by atoms with Gasteiger partial charge in [-0.15, -0.1) is 0 Å². The molecule has 1 aliphatic carbocycles. The highest BCUT2D eigenvalue weighted by atomic mass is 15.2. The average molecular weight is 996 g/mol. The number of fused-ring (bicyclic) bond motifs is 10. The fourth-order valence-electron chi connectivity index (χ4n) is 12.5. The molecule has 5 nitrogen and oxygen atoms in total. The van der Waals surface area contributed by atoms with Gasteiger partial charge in [-0.3, -0.25) is 4.98 Å². The number of hydrogen-bond donors (Lipinski definition) is 0. The standard InChI is InChI=1S/C73H49N5/c1-7-24-52(25-8-1)73(53-26-9-2-10-27-53)63-48-68(77(55-30-13-4-14-31-55)56-32-15-5-16-33-56)72-70(69(63)62-49-74-66-38-22-20-36-60(66)71(62)73)61-47-59(44-46-67(61)78(72)57-34-17-6-18-35-57)76(54-28-11-3-12-29-54)58-42-39-51(40-43-58)65-45-41-50-23-19-21-37-64(50)75-65/h1-49H. The summed E-state index contributed by atoms with van der Waals surface area (Å²) in [5.41, 5.74) is 19.8. The molecule has 0 atom stereocenters. The van der Waals surface area contributed by atoms with Crippen molar-refractivity contribution in [3.8, 4) is 28.1 Å². The molecule has 0 N–H and O–H groups in total. The van der Waals surface area contributed by atoms with E-state index in [-0.39, 0.29) is 0 Å². The van der Waals surface area contributed by atoms with Gasteiger partial charge in [-0.1, -0.05) is 188 Å². The molecule has 0 saturated carbocycles. The summed E-state index contributed by atoms with van der Waals surface area (Å²) in [5.74, 6) is 0. The molecule has 15 rings (SSSR count). The molecule has 0 spiro atoms. The van der Waals surface area contributed by atoms with Crippen LogP contribution in [0, 0.1) is 0 Å². The van der Waals surface area contributed by atoms with Gasteiger partial charge in [0.25, 0.3) is 0 Å². The van der Waals surface area contributed by atoms with Crippen molar-refractivity contribution in [1.82, 2.24) is 14.5 Å². The lowest BCUT2D eigenvalue weighted by atomic mass is 9.67. The molecule has 0 bridgehead atoms. The Balaban J connectivity index is 1.10. The highest BCUT2D eigenvalue weighted by molar-refractivity contribution is 6.24. The van der Waals surface area contributed by atoms with Crippen LogP contribution >= 0.6 is 0 Å². The summed E-state index contributed by atoms with van der Waals surface area (Å²) in [6, 6.07) is 105. The van der Waals surface area contributed by atoms with E-state index in [9.17, 15) is 0 Å². The topological polar surface area (TPSA) is 37.2 Å². The molecule has 0 amide bonds. The quantitative estimate of drug-likeness (QED) is 0.137. The molecule has 366 valence electrons. The van der Waals surface area contributed by atoms with E-state index in [2.05, 4.69) is 306 Å². The maximum absolute atomic E-state index is 5.35. The predicted molar refractivity (Wildman–Crippen MR) is 323 cm³/mol. The van der Waals surface area contributed by atoms with E-state index in [0.29, 0.717) is 0 Å². The van der Waals surface area contributed by atoms with Gasteiger partial charge in [0.1, 0.15) is 0 Å². The first-order valence-corrected chi connectivity index (χ1v) is 26.6. The third-order valence-electron chi connectivity index (χ3n) is 15.8. The van der Waals surface area contributed by atoms with Gasteiger partial charge in [-0.05, 0) is 131 Å². The minimum atomic E-state index is -0.770. The van der Waals surface area contributed by atoms with Gasteiger partial charge in [-0.25, -0.2) is 4.98 Å². The van der Waals surface area contributed by atoms with Crippen molar-refractivity contribution in [3.05, 3.63) is 320 Å². The van der Waals surface area contributed by atoms with Crippen molar-refractivity contribution in [2.75, 3.05) is 9.80 Å². The van der Waals surface area contributed by atoms with Crippen molar-refractivity contribution in [1.29, 1.82) is 0 Å². The van der Waals surface area contributed by atoms with E-state index in [1.807, 2.05) is 6.07 Å². The van der Waals surface area contributed by atoms with Crippen LogP contribution in [0.25, 0.3) is 71.7 Å². The molecule has 5 heteroatoms. The number of pyridine rings is 2. The van der Waals surface area contributed by atoms with Crippen LogP contribution in [0.1, 0.15) is 22.3 Å². The molecule has 0 saturated heterocycles. The lowest BCUT2D eigenvalue weighted by Gasteiger charge is -2.35. The first-order chi connectivity index (χ1) is 38.7. The number of hydrogen-bond acceptors (Lipinski definition) is 4. The largest absolute Gasteiger partial charge is 0.310 e. The van der Waals surface area contributed by atoms with E-state index >= 15 is 0 Å². The SMILES string of the molecule is c1ccc(N(c2ccc(-c3ccc4ccccc4n3)cc2)c2ccc3c(c2)c2c4c(cc(N(c5ccccc5)c5ccccc5)c2n3-c2ccccc2)C(c2ccccc2)(c2ccccc2)c2c-4cnc3ccccc23)cc1. The molecule has 78 heavy (non-hydrogen) atoms. The highest BCUT2D eigenvalue weighted by Crippen LogP contribution is 2.62. The number of rotatable bonds is 10. The van der Waals surface area contributed by atoms with Crippen molar-refractivity contribution in [3.63, 3.8) is 0 Å². The summed E-state index contributed by atoms with van der Waals surface area (Å²) in [6.45, 7) is 0. The zero-order chi connectivity index (χ0) is 51.6. The minimum Gasteiger partial charge on any atom is -0.310 e. The zero-order valence-electron chi connectivity index (χ0n) is 42.5. The summed E-state index contributed by atoms with van der Waals surface area (Å²) >= 11 is 0. The Bertz CT molecular complexity index is 4450. The fraction of sp³-hybridized carbons (Fsp3) is 0.0137. The van der Waals surface area contributed by atoms with Gasteiger partial charge in [0.15, 0.2) is 0 Å². The van der Waals surface area contributed by atoms with Gasteiger partial charge in [0.2, 0.25) is 0 Å². The third-order valence-corrected chi connectivity index (χ3v) is 15.8. The van der Waals surface area contributed by atoms with Crippen molar-refractivity contribution in [2.24, 2.45) is 0 Å². The molecule has 1 aliphatic rings. The van der Waals surface area contributed by atoms with E-state index in [4.69, 9.17) is 9.97 Å². The summed E-state index contributed by atoms with van der Waals surface area (Å²) in [7, 11) is 0. The molecule has 3 heterocycles. The molecule has 3 aromatic heterocycles. The molecule has 0 aliphatic heterocycles. The van der Waals surface area contributed by atoms with Crippen molar-refractivity contribution in [2.45, 2.75) is 5.41 Å². The second-order valence-electron chi connectivity index (χ2n) is 20.1. The Morgan fingerprint density at radius 2 is 0.923 bits per heavy atom. The second-order valence-corrected chi connectivity index (χ2v) is 20.1. The summed E-state index contributed by atoms with van der Waals surface area (Å²) < 4.78 is 2.50. The number of anilines is 6. The van der Waals surface area contributed by atoms with Gasteiger partial charge in [0.05, 0.1) is 38.9 Å². The first-order valence-electron chi connectivity index (χ1n) is 26.6. The van der Waals surface area contributed by atoms with Gasteiger partial charge < -0.3 is 14.4 Å². The van der Waals surface area contributed by atoms with Crippen LogP contribution in [0.15, 0.2) is 297 Å². The average Bonchev–Trinajstić information content (AvgIpc) is 3.23. The maximum atomic E-state index is 5.35. The Morgan fingerprint density at radius 3 is 1.56 bits per heavy atom. The normalized spacial score (nSPS) is 12.5. The molecule has 14 aromatic rings. The van der Waals surface area contributed by atoms with Gasteiger partial charge in [0, 0.05) is 73.0 Å². The fourth-order valence-corrected chi connectivity index (χ4v) is 12.5. The first kappa shape index (κ1) is 45.1. The number of aromatic nitrogens is 3. The number of nitrogens with zero attached hydrogens (tertiary/aromatic N) is 5. The Labute approximate surface area is 452 Å². The van der Waals surface area contributed by atoms with E-state index in [0.717, 1.165) is 100 Å². The Morgan fingerprint density at radius 1 is 0.397 bits per heavy atom. The van der Waals surface area contributed by atoms with Crippen LogP contribution in [-0.4, -0.2) is 14.5 Å². The van der Waals surface area contributed by atoms with Gasteiger partial charge in [-0.2, -0.15) is 0 Å². The molecular formula is C73H49N5. The summed E-state index contributed by atoms with van der Waals surface area (Å²) in [4.78, 5) is 15.3. The van der Waals surface area contributed by atoms with Crippen LogP contribution < -0.4 is 9.80 Å². The van der Waals surface area contributed by atoms with Crippen LogP contribution in [0.2, 0.25) is 0 Å². The molecule has 11 aromatic carbocycles. The Hall–Kier alpha value is -10.4. The van der Waals surface area contributed by atoms with E-state index < -0.39 is 5.41 Å². The monoisotopic (exact) mass is 995 g/mol. The minimum absolute atomic E-state index is 0.770. The molecule has 0 unspecified atom stereocenters. The van der Waals surface area contributed by atoms with Crippen molar-refractivity contribution >= 4 is 77.7 Å². The summed E-state index contributed by atoms with van der Waals surface area (Å²) in [5, 5.41) is 4.53. The lowest BCUT2D eigenvalue weighted by molar-refractivity contribution is 0.775. The third kappa shape index (κ3) is 7.09. The van der Waals surface area contributed by atoms with E-state index in [1.54, 1.807) is 0 Å². The van der Waals surface area contributed by atoms with Crippen LogP contribution in [0.5, 0.6) is 0 Å². The summed E-state index contributed by atoms with van der Waals surface area (Å²) in [6.07, 6.45) is 2.16. The number of benzene rings is 11. The smallest absolute Gasteiger partial charge is 0.0788 e. The molecule has 0 fully saturated rings. The van der Waals surface area contributed by atoms with Crippen LogP contribution in [0.4, 0.5) is 34.1 Å². The number of para-hydroxylation sites is 6. The highest BCUT2D eigenvalue weighted by Gasteiger charge is 2.49.